The highest BCUT2D eigenvalue weighted by Gasteiger charge is 2.15. The highest BCUT2D eigenvalue weighted by atomic mass is 32.2. The third kappa shape index (κ3) is 5.09. The summed E-state index contributed by atoms with van der Waals surface area (Å²) in [6.45, 7) is 4.51. The van der Waals surface area contributed by atoms with Gasteiger partial charge in [-0.2, -0.15) is 0 Å². The summed E-state index contributed by atoms with van der Waals surface area (Å²) in [7, 11) is 1.59. The van der Waals surface area contributed by atoms with Crippen LogP contribution in [0.15, 0.2) is 66.3 Å². The van der Waals surface area contributed by atoms with Crippen LogP contribution in [0.1, 0.15) is 5.82 Å². The van der Waals surface area contributed by atoms with Crippen LogP contribution in [0.5, 0.6) is 11.5 Å². The molecule has 8 nitrogen and oxygen atoms in total. The molecule has 0 bridgehead atoms. The Labute approximate surface area is 193 Å². The zero-order valence-corrected chi connectivity index (χ0v) is 19.0. The first-order valence-electron chi connectivity index (χ1n) is 9.75. The van der Waals surface area contributed by atoms with Gasteiger partial charge in [0.25, 0.3) is 0 Å². The van der Waals surface area contributed by atoms with Crippen molar-refractivity contribution in [1.29, 1.82) is 0 Å². The zero-order chi connectivity index (χ0) is 22.3. The van der Waals surface area contributed by atoms with E-state index >= 15 is 0 Å². The van der Waals surface area contributed by atoms with E-state index in [0.29, 0.717) is 34.2 Å². The van der Waals surface area contributed by atoms with Gasteiger partial charge in [-0.05, 0) is 24.3 Å². The number of para-hydroxylation sites is 3. The van der Waals surface area contributed by atoms with Gasteiger partial charge in [0.05, 0.1) is 23.1 Å². The van der Waals surface area contributed by atoms with Crippen molar-refractivity contribution in [2.75, 3.05) is 18.2 Å². The van der Waals surface area contributed by atoms with Crippen molar-refractivity contribution >= 4 is 44.4 Å². The van der Waals surface area contributed by atoms with E-state index in [0.717, 1.165) is 10.2 Å². The van der Waals surface area contributed by atoms with E-state index in [4.69, 9.17) is 9.47 Å². The van der Waals surface area contributed by atoms with Crippen LogP contribution in [0.2, 0.25) is 0 Å². The van der Waals surface area contributed by atoms with Crippen LogP contribution in [0.3, 0.4) is 0 Å². The number of amides is 1. The molecule has 0 saturated carbocycles. The van der Waals surface area contributed by atoms with Gasteiger partial charge >= 0.3 is 0 Å². The van der Waals surface area contributed by atoms with E-state index in [9.17, 15) is 4.79 Å². The number of rotatable bonds is 10. The minimum absolute atomic E-state index is 0.158. The Morgan fingerprint density at radius 2 is 1.97 bits per heavy atom. The van der Waals surface area contributed by atoms with E-state index in [-0.39, 0.29) is 18.3 Å². The Balaban J connectivity index is 1.39. The fraction of sp³-hybridized carbons (Fsp3) is 0.182. The Hall–Kier alpha value is -3.37. The van der Waals surface area contributed by atoms with Crippen LogP contribution < -0.4 is 14.8 Å². The van der Waals surface area contributed by atoms with Gasteiger partial charge in [-0.1, -0.05) is 53.4 Å². The number of allylic oxidation sites excluding steroid dienone is 1. The molecule has 2 aromatic heterocycles. The number of thioether (sulfide) groups is 1. The number of benzene rings is 2. The summed E-state index contributed by atoms with van der Waals surface area (Å²) in [5, 5.41) is 12.5. The summed E-state index contributed by atoms with van der Waals surface area (Å²) in [4.78, 5) is 16.9. The van der Waals surface area contributed by atoms with Gasteiger partial charge in [0.1, 0.15) is 6.61 Å². The Kier molecular flexibility index (Phi) is 7.03. The van der Waals surface area contributed by atoms with Crippen LogP contribution in [0.25, 0.3) is 10.2 Å². The molecular weight excluding hydrogens is 446 g/mol. The Bertz CT molecular complexity index is 1200. The van der Waals surface area contributed by atoms with Crippen molar-refractivity contribution in [3.05, 3.63) is 67.0 Å². The third-order valence-electron chi connectivity index (χ3n) is 4.40. The molecule has 164 valence electrons. The Morgan fingerprint density at radius 1 is 1.19 bits per heavy atom. The molecule has 0 radical (unpaired) electrons. The van der Waals surface area contributed by atoms with Crippen LogP contribution in [-0.4, -0.2) is 38.5 Å². The van der Waals surface area contributed by atoms with Gasteiger partial charge in [-0.25, -0.2) is 4.98 Å². The smallest absolute Gasteiger partial charge is 0.236 e. The van der Waals surface area contributed by atoms with Crippen LogP contribution in [0, 0.1) is 0 Å². The third-order valence-corrected chi connectivity index (χ3v) is 6.32. The SMILES string of the molecule is C=CCn1c(COc2ccccc2OC)nnc1SCC(=O)Nc1nc2ccccc2s1. The lowest BCUT2D eigenvalue weighted by molar-refractivity contribution is -0.113. The van der Waals surface area contributed by atoms with Gasteiger partial charge in [-0.15, -0.1) is 16.8 Å². The molecule has 2 heterocycles. The van der Waals surface area contributed by atoms with Crippen molar-refractivity contribution in [3.8, 4) is 11.5 Å². The molecule has 1 amide bonds. The quantitative estimate of drug-likeness (QED) is 0.273. The summed E-state index contributed by atoms with van der Waals surface area (Å²) >= 11 is 2.74. The number of hydrogen-bond acceptors (Lipinski definition) is 8. The summed E-state index contributed by atoms with van der Waals surface area (Å²) < 4.78 is 14.1. The number of hydrogen-bond donors (Lipinski definition) is 1. The minimum Gasteiger partial charge on any atom is -0.493 e. The van der Waals surface area contributed by atoms with Crippen molar-refractivity contribution in [2.45, 2.75) is 18.3 Å². The van der Waals surface area contributed by atoms with E-state index < -0.39 is 0 Å². The maximum atomic E-state index is 12.4. The number of ether oxygens (including phenoxy) is 2. The minimum atomic E-state index is -0.158. The summed E-state index contributed by atoms with van der Waals surface area (Å²) in [6, 6.07) is 15.2. The molecular formula is C22H21N5O3S2. The predicted molar refractivity (Wildman–Crippen MR) is 127 cm³/mol. The topological polar surface area (TPSA) is 91.2 Å². The van der Waals surface area contributed by atoms with Gasteiger partial charge in [0.2, 0.25) is 5.91 Å². The molecule has 0 atom stereocenters. The largest absolute Gasteiger partial charge is 0.493 e. The molecule has 0 aliphatic heterocycles. The monoisotopic (exact) mass is 467 g/mol. The van der Waals surface area contributed by atoms with Crippen molar-refractivity contribution in [2.24, 2.45) is 0 Å². The molecule has 0 spiro atoms. The molecule has 0 saturated heterocycles. The molecule has 4 rings (SSSR count). The first-order chi connectivity index (χ1) is 15.7. The highest BCUT2D eigenvalue weighted by Crippen LogP contribution is 2.28. The maximum absolute atomic E-state index is 12.4. The number of nitrogens with zero attached hydrogens (tertiary/aromatic N) is 4. The molecule has 10 heteroatoms. The first kappa shape index (κ1) is 21.8. The van der Waals surface area contributed by atoms with E-state index in [1.807, 2.05) is 53.1 Å². The summed E-state index contributed by atoms with van der Waals surface area (Å²) in [6.07, 6.45) is 1.75. The molecule has 0 fully saturated rings. The van der Waals surface area contributed by atoms with E-state index in [1.165, 1.54) is 23.1 Å². The first-order valence-corrected chi connectivity index (χ1v) is 11.5. The van der Waals surface area contributed by atoms with Crippen molar-refractivity contribution in [3.63, 3.8) is 0 Å². The van der Waals surface area contributed by atoms with E-state index in [1.54, 1.807) is 13.2 Å². The number of anilines is 1. The molecule has 0 aliphatic carbocycles. The molecule has 32 heavy (non-hydrogen) atoms. The molecule has 2 aromatic carbocycles. The average Bonchev–Trinajstić information content (AvgIpc) is 3.39. The highest BCUT2D eigenvalue weighted by molar-refractivity contribution is 7.99. The zero-order valence-electron chi connectivity index (χ0n) is 17.4. The van der Waals surface area contributed by atoms with Gasteiger partial charge in [0.15, 0.2) is 27.6 Å². The maximum Gasteiger partial charge on any atom is 0.236 e. The predicted octanol–water partition coefficient (Wildman–Crippen LogP) is 4.39. The molecule has 4 aromatic rings. The Morgan fingerprint density at radius 3 is 2.75 bits per heavy atom. The second kappa shape index (κ2) is 10.3. The number of aromatic nitrogens is 4. The number of fused-ring (bicyclic) bond motifs is 1. The molecule has 0 unspecified atom stereocenters. The van der Waals surface area contributed by atoms with Crippen LogP contribution in [0.4, 0.5) is 5.13 Å². The van der Waals surface area contributed by atoms with Gasteiger partial charge < -0.3 is 14.8 Å². The lowest BCUT2D eigenvalue weighted by Gasteiger charge is -2.11. The van der Waals surface area contributed by atoms with Crippen molar-refractivity contribution < 1.29 is 14.3 Å². The molecule has 1 N–H and O–H groups in total. The standard InChI is InChI=1S/C22H21N5O3S2/c1-3-12-27-19(13-30-17-10-6-5-9-16(17)29-2)25-26-22(27)31-14-20(28)24-21-23-15-8-4-7-11-18(15)32-21/h3-11H,1,12-14H2,2H3,(H,23,24,28). The van der Waals surface area contributed by atoms with Crippen LogP contribution in [-0.2, 0) is 17.9 Å². The molecule has 0 aliphatic rings. The average molecular weight is 468 g/mol. The second-order valence-electron chi connectivity index (χ2n) is 6.56. The van der Waals surface area contributed by atoms with Gasteiger partial charge in [0, 0.05) is 6.54 Å². The van der Waals surface area contributed by atoms with Crippen LogP contribution >= 0.6 is 23.1 Å². The number of carbonyl (C=O) groups excluding carboxylic acids is 1. The fourth-order valence-electron chi connectivity index (χ4n) is 2.94. The summed E-state index contributed by atoms with van der Waals surface area (Å²) in [5.41, 5.74) is 0.867. The number of methoxy groups -OCH3 is 1. The van der Waals surface area contributed by atoms with Gasteiger partial charge in [-0.3, -0.25) is 9.36 Å². The number of carbonyl (C=O) groups is 1. The normalized spacial score (nSPS) is 10.8. The second-order valence-corrected chi connectivity index (χ2v) is 8.53. The summed E-state index contributed by atoms with van der Waals surface area (Å²) in [5.74, 6) is 1.91. The number of nitrogens with one attached hydrogen (secondary N) is 1. The lowest BCUT2D eigenvalue weighted by atomic mass is 10.3. The van der Waals surface area contributed by atoms with E-state index in [2.05, 4.69) is 27.1 Å². The van der Waals surface area contributed by atoms with Crippen molar-refractivity contribution in [1.82, 2.24) is 19.7 Å². The lowest BCUT2D eigenvalue weighted by Crippen LogP contribution is -2.14. The fourth-order valence-corrected chi connectivity index (χ4v) is 4.59. The number of thiazole rings is 1.